The van der Waals surface area contributed by atoms with E-state index in [0.717, 1.165) is 29.0 Å². The van der Waals surface area contributed by atoms with Gasteiger partial charge in [0.15, 0.2) is 6.61 Å². The van der Waals surface area contributed by atoms with Crippen LogP contribution in [0.2, 0.25) is 4.34 Å². The van der Waals surface area contributed by atoms with Gasteiger partial charge >= 0.3 is 5.97 Å². The number of halogens is 1. The Morgan fingerprint density at radius 3 is 2.59 bits per heavy atom. The van der Waals surface area contributed by atoms with Crippen LogP contribution in [0.3, 0.4) is 0 Å². The number of nitrogens with one attached hydrogen (secondary N) is 1. The fraction of sp³-hybridized carbons (Fsp3) is 0.182. The Balaban J connectivity index is 1.47. The number of nitrogens with zero attached hydrogens (tertiary/aromatic N) is 1. The van der Waals surface area contributed by atoms with Gasteiger partial charge in [-0.25, -0.2) is 13.2 Å². The summed E-state index contributed by atoms with van der Waals surface area (Å²) in [4.78, 5) is 27.1. The molecule has 32 heavy (non-hydrogen) atoms. The summed E-state index contributed by atoms with van der Waals surface area (Å²) in [6, 6.07) is 16.5. The van der Waals surface area contributed by atoms with Crippen molar-refractivity contribution in [2.75, 3.05) is 16.2 Å². The highest BCUT2D eigenvalue weighted by Gasteiger charge is 2.31. The molecule has 2 heterocycles. The second kappa shape index (κ2) is 8.93. The number of rotatable bonds is 6. The Hall–Kier alpha value is -2.88. The summed E-state index contributed by atoms with van der Waals surface area (Å²) in [6.45, 7) is 1.47. The van der Waals surface area contributed by atoms with Gasteiger partial charge in [0, 0.05) is 11.7 Å². The Bertz CT molecular complexity index is 1290. The predicted molar refractivity (Wildman–Crippen MR) is 124 cm³/mol. The van der Waals surface area contributed by atoms with E-state index in [9.17, 15) is 18.0 Å². The van der Waals surface area contributed by atoms with Crippen molar-refractivity contribution in [3.63, 3.8) is 0 Å². The SMILES string of the molecule is CC1Cc2ccccc2N1C(=O)COC(=O)c1ccccc1NS(=O)(=O)c1ccc(Cl)s1. The van der Waals surface area contributed by atoms with Crippen molar-refractivity contribution in [3.8, 4) is 0 Å². The van der Waals surface area contributed by atoms with Crippen LogP contribution in [0.15, 0.2) is 64.9 Å². The zero-order chi connectivity index (χ0) is 22.9. The number of carbonyl (C=O) groups excluding carboxylic acids is 2. The highest BCUT2D eigenvalue weighted by Crippen LogP contribution is 2.32. The topological polar surface area (TPSA) is 92.8 Å². The molecule has 1 amide bonds. The quantitative estimate of drug-likeness (QED) is 0.519. The molecule has 0 aliphatic carbocycles. The number of thiophene rings is 1. The second-order valence-corrected chi connectivity index (χ2v) is 10.9. The molecule has 1 atom stereocenters. The van der Waals surface area contributed by atoms with Gasteiger partial charge in [0.25, 0.3) is 15.9 Å². The van der Waals surface area contributed by atoms with Crippen LogP contribution in [0.5, 0.6) is 0 Å². The van der Waals surface area contributed by atoms with E-state index < -0.39 is 22.6 Å². The lowest BCUT2D eigenvalue weighted by atomic mass is 10.1. The number of carbonyl (C=O) groups is 2. The van der Waals surface area contributed by atoms with Gasteiger partial charge in [-0.05, 0) is 49.2 Å². The third-order valence-electron chi connectivity index (χ3n) is 5.01. The molecule has 1 unspecified atom stereocenters. The van der Waals surface area contributed by atoms with Crippen molar-refractivity contribution in [1.82, 2.24) is 0 Å². The fourth-order valence-electron chi connectivity index (χ4n) is 3.61. The number of para-hydroxylation sites is 2. The molecule has 1 aliphatic heterocycles. The van der Waals surface area contributed by atoms with Gasteiger partial charge in [0.2, 0.25) is 0 Å². The van der Waals surface area contributed by atoms with Crippen molar-refractivity contribution in [2.45, 2.75) is 23.6 Å². The standard InChI is InChI=1S/C22H19ClN2O5S2/c1-14-12-15-6-2-5-9-18(15)25(14)20(26)13-30-22(27)16-7-3-4-8-17(16)24-32(28,29)21-11-10-19(23)31-21/h2-11,14,24H,12-13H2,1H3. The number of amides is 1. The largest absolute Gasteiger partial charge is 0.452 e. The number of ether oxygens (including phenoxy) is 1. The van der Waals surface area contributed by atoms with E-state index in [2.05, 4.69) is 4.72 Å². The molecule has 0 saturated carbocycles. The van der Waals surface area contributed by atoms with Crippen molar-refractivity contribution in [3.05, 3.63) is 76.1 Å². The second-order valence-electron chi connectivity index (χ2n) is 7.23. The van der Waals surface area contributed by atoms with E-state index in [1.165, 1.54) is 24.3 Å². The summed E-state index contributed by atoms with van der Waals surface area (Å²) in [5.41, 5.74) is 1.92. The number of hydrogen-bond acceptors (Lipinski definition) is 6. The number of fused-ring (bicyclic) bond motifs is 1. The van der Waals surface area contributed by atoms with Crippen LogP contribution < -0.4 is 9.62 Å². The fourth-order valence-corrected chi connectivity index (χ4v) is 6.17. The highest BCUT2D eigenvalue weighted by molar-refractivity contribution is 7.94. The summed E-state index contributed by atoms with van der Waals surface area (Å²) in [5.74, 6) is -1.15. The van der Waals surface area contributed by atoms with E-state index in [1.807, 2.05) is 31.2 Å². The monoisotopic (exact) mass is 490 g/mol. The first-order valence-corrected chi connectivity index (χ1v) is 12.4. The molecule has 166 valence electrons. The van der Waals surface area contributed by atoms with Crippen molar-refractivity contribution < 1.29 is 22.7 Å². The molecular formula is C22H19ClN2O5S2. The molecule has 1 aromatic heterocycles. The van der Waals surface area contributed by atoms with Crippen LogP contribution in [-0.4, -0.2) is 32.9 Å². The molecule has 3 aromatic rings. The molecule has 1 aliphatic rings. The first kappa shape index (κ1) is 22.3. The summed E-state index contributed by atoms with van der Waals surface area (Å²) < 4.78 is 33.2. The van der Waals surface area contributed by atoms with Crippen LogP contribution >= 0.6 is 22.9 Å². The first-order valence-electron chi connectivity index (χ1n) is 9.70. The molecular weight excluding hydrogens is 472 g/mol. The van der Waals surface area contributed by atoms with Gasteiger partial charge in [-0.1, -0.05) is 41.9 Å². The summed E-state index contributed by atoms with van der Waals surface area (Å²) in [5, 5.41) is 0. The minimum absolute atomic E-state index is 0.00130. The molecule has 0 saturated heterocycles. The van der Waals surface area contributed by atoms with E-state index in [-0.39, 0.29) is 27.4 Å². The number of hydrogen-bond donors (Lipinski definition) is 1. The van der Waals surface area contributed by atoms with Crippen molar-refractivity contribution in [1.29, 1.82) is 0 Å². The smallest absolute Gasteiger partial charge is 0.340 e. The maximum Gasteiger partial charge on any atom is 0.340 e. The number of benzene rings is 2. The molecule has 10 heteroatoms. The summed E-state index contributed by atoms with van der Waals surface area (Å²) in [7, 11) is -3.93. The third kappa shape index (κ3) is 4.50. The van der Waals surface area contributed by atoms with Gasteiger partial charge in [0.05, 0.1) is 15.6 Å². The molecule has 0 radical (unpaired) electrons. The van der Waals surface area contributed by atoms with E-state index >= 15 is 0 Å². The predicted octanol–water partition coefficient (Wildman–Crippen LogP) is 4.34. The van der Waals surface area contributed by atoms with E-state index in [1.54, 1.807) is 17.0 Å². The third-order valence-corrected chi connectivity index (χ3v) is 8.10. The minimum Gasteiger partial charge on any atom is -0.452 e. The molecule has 7 nitrogen and oxygen atoms in total. The molecule has 0 bridgehead atoms. The lowest BCUT2D eigenvalue weighted by Gasteiger charge is -2.22. The van der Waals surface area contributed by atoms with Crippen LogP contribution in [0.1, 0.15) is 22.8 Å². The maximum atomic E-state index is 12.8. The summed E-state index contributed by atoms with van der Waals surface area (Å²) in [6.07, 6.45) is 0.729. The van der Waals surface area contributed by atoms with Crippen LogP contribution in [-0.2, 0) is 26.0 Å². The van der Waals surface area contributed by atoms with Gasteiger partial charge in [0.1, 0.15) is 4.21 Å². The van der Waals surface area contributed by atoms with Gasteiger partial charge < -0.3 is 9.64 Å². The van der Waals surface area contributed by atoms with Crippen molar-refractivity contribution >= 4 is 56.2 Å². The van der Waals surface area contributed by atoms with Gasteiger partial charge in [-0.2, -0.15) is 0 Å². The Morgan fingerprint density at radius 1 is 1.12 bits per heavy atom. The lowest BCUT2D eigenvalue weighted by molar-refractivity contribution is -0.122. The Kier molecular flexibility index (Phi) is 6.23. The molecule has 0 fully saturated rings. The first-order chi connectivity index (χ1) is 15.3. The van der Waals surface area contributed by atoms with Crippen LogP contribution in [0, 0.1) is 0 Å². The Morgan fingerprint density at radius 2 is 1.84 bits per heavy atom. The average Bonchev–Trinajstić information content (AvgIpc) is 3.35. The van der Waals surface area contributed by atoms with E-state index in [0.29, 0.717) is 4.34 Å². The zero-order valence-corrected chi connectivity index (χ0v) is 19.3. The number of anilines is 2. The summed E-state index contributed by atoms with van der Waals surface area (Å²) >= 11 is 6.73. The molecule has 4 rings (SSSR count). The Labute approximate surface area is 194 Å². The number of sulfonamides is 1. The van der Waals surface area contributed by atoms with Crippen molar-refractivity contribution in [2.24, 2.45) is 0 Å². The highest BCUT2D eigenvalue weighted by atomic mass is 35.5. The van der Waals surface area contributed by atoms with Crippen LogP contribution in [0.25, 0.3) is 0 Å². The average molecular weight is 491 g/mol. The van der Waals surface area contributed by atoms with E-state index in [4.69, 9.17) is 16.3 Å². The molecule has 2 aromatic carbocycles. The van der Waals surface area contributed by atoms with Gasteiger partial charge in [-0.3, -0.25) is 9.52 Å². The minimum atomic E-state index is -3.93. The normalized spacial score (nSPS) is 15.3. The van der Waals surface area contributed by atoms with Crippen LogP contribution in [0.4, 0.5) is 11.4 Å². The zero-order valence-electron chi connectivity index (χ0n) is 16.9. The van der Waals surface area contributed by atoms with Gasteiger partial charge in [-0.15, -0.1) is 11.3 Å². The molecule has 0 spiro atoms. The molecule has 1 N–H and O–H groups in total. The number of esters is 1. The maximum absolute atomic E-state index is 12.8. The lowest BCUT2D eigenvalue weighted by Crippen LogP contribution is -2.38.